The van der Waals surface area contributed by atoms with E-state index in [9.17, 15) is 0 Å². The molecule has 1 aromatic heterocycles. The zero-order valence-corrected chi connectivity index (χ0v) is 13.6. The number of anilines is 1. The average molecular weight is 286 g/mol. The van der Waals surface area contributed by atoms with E-state index in [-0.39, 0.29) is 0 Å². The van der Waals surface area contributed by atoms with Gasteiger partial charge >= 0.3 is 0 Å². The number of aromatic nitrogens is 1. The number of hydrogen-bond donors (Lipinski definition) is 1. The molecule has 2 heteroatoms. The Bertz CT molecular complexity index is 451. The van der Waals surface area contributed by atoms with Gasteiger partial charge in [0.25, 0.3) is 0 Å². The monoisotopic (exact) mass is 286 g/mol. The third-order valence-electron chi connectivity index (χ3n) is 4.24. The van der Waals surface area contributed by atoms with Crippen LogP contribution in [0.2, 0.25) is 0 Å². The molecule has 1 N–H and O–H groups in total. The molecule has 21 heavy (non-hydrogen) atoms. The van der Waals surface area contributed by atoms with E-state index >= 15 is 0 Å². The molecule has 0 spiro atoms. The molecule has 0 bridgehead atoms. The summed E-state index contributed by atoms with van der Waals surface area (Å²) in [4.78, 5) is 4.76. The lowest BCUT2D eigenvalue weighted by atomic mass is 10.0. The summed E-state index contributed by atoms with van der Waals surface area (Å²) in [6.07, 6.45) is 12.7. The fourth-order valence-electron chi connectivity index (χ4n) is 2.95. The highest BCUT2D eigenvalue weighted by molar-refractivity contribution is 5.46. The molecule has 0 saturated heterocycles. The van der Waals surface area contributed by atoms with Gasteiger partial charge in [0.1, 0.15) is 5.82 Å². The van der Waals surface area contributed by atoms with Crippen molar-refractivity contribution in [2.24, 2.45) is 0 Å². The van der Waals surface area contributed by atoms with E-state index in [0.717, 1.165) is 18.8 Å². The maximum absolute atomic E-state index is 4.76. The van der Waals surface area contributed by atoms with Crippen molar-refractivity contribution in [2.75, 3.05) is 11.9 Å². The lowest BCUT2D eigenvalue weighted by Gasteiger charge is -2.17. The molecule has 0 saturated carbocycles. The van der Waals surface area contributed by atoms with Crippen LogP contribution < -0.4 is 5.32 Å². The van der Waals surface area contributed by atoms with E-state index in [1.54, 1.807) is 0 Å². The van der Waals surface area contributed by atoms with E-state index < -0.39 is 0 Å². The Balaban J connectivity index is 1.57. The molecule has 1 aliphatic rings. The second-order valence-corrected chi connectivity index (χ2v) is 6.42. The fraction of sp³-hybridized carbons (Fsp3) is 0.632. The SMILES string of the molecule is C=C(C)CCCCCCCCc1ccc2c(n1)NCCC2. The molecular formula is C19H30N2. The maximum atomic E-state index is 4.76. The Morgan fingerprint density at radius 3 is 2.71 bits per heavy atom. The van der Waals surface area contributed by atoms with E-state index in [1.807, 2.05) is 0 Å². The van der Waals surface area contributed by atoms with Crippen LogP contribution in [-0.2, 0) is 12.8 Å². The van der Waals surface area contributed by atoms with Gasteiger partial charge in [-0.25, -0.2) is 4.98 Å². The molecule has 1 aromatic rings. The number of rotatable bonds is 9. The predicted molar refractivity (Wildman–Crippen MR) is 91.9 cm³/mol. The van der Waals surface area contributed by atoms with Gasteiger partial charge in [0.2, 0.25) is 0 Å². The van der Waals surface area contributed by atoms with Gasteiger partial charge in [-0.1, -0.05) is 37.3 Å². The summed E-state index contributed by atoms with van der Waals surface area (Å²) >= 11 is 0. The number of pyridine rings is 1. The predicted octanol–water partition coefficient (Wildman–Crippen LogP) is 5.29. The van der Waals surface area contributed by atoms with E-state index in [4.69, 9.17) is 4.98 Å². The molecule has 0 fully saturated rings. The van der Waals surface area contributed by atoms with Crippen molar-refractivity contribution < 1.29 is 0 Å². The van der Waals surface area contributed by atoms with Crippen LogP contribution >= 0.6 is 0 Å². The van der Waals surface area contributed by atoms with Crippen LogP contribution in [-0.4, -0.2) is 11.5 Å². The molecule has 0 aliphatic carbocycles. The van der Waals surface area contributed by atoms with Crippen LogP contribution in [0.15, 0.2) is 24.3 Å². The Kier molecular flexibility index (Phi) is 6.78. The number of fused-ring (bicyclic) bond motifs is 1. The molecular weight excluding hydrogens is 256 g/mol. The summed E-state index contributed by atoms with van der Waals surface area (Å²) in [6.45, 7) is 7.16. The van der Waals surface area contributed by atoms with Crippen molar-refractivity contribution in [2.45, 2.75) is 71.1 Å². The topological polar surface area (TPSA) is 24.9 Å². The summed E-state index contributed by atoms with van der Waals surface area (Å²) in [6, 6.07) is 4.49. The van der Waals surface area contributed by atoms with E-state index in [0.29, 0.717) is 0 Å². The minimum absolute atomic E-state index is 1.08. The first-order valence-corrected chi connectivity index (χ1v) is 8.63. The number of hydrogen-bond acceptors (Lipinski definition) is 2. The normalized spacial score (nSPS) is 13.6. The van der Waals surface area contributed by atoms with Crippen molar-refractivity contribution in [3.05, 3.63) is 35.5 Å². The maximum Gasteiger partial charge on any atom is 0.129 e. The number of nitrogens with zero attached hydrogens (tertiary/aromatic N) is 1. The van der Waals surface area contributed by atoms with Crippen LogP contribution in [0.25, 0.3) is 0 Å². The van der Waals surface area contributed by atoms with Gasteiger partial charge in [-0.3, -0.25) is 0 Å². The van der Waals surface area contributed by atoms with E-state index in [2.05, 4.69) is 31.0 Å². The Hall–Kier alpha value is -1.31. The first-order valence-electron chi connectivity index (χ1n) is 8.63. The number of aryl methyl sites for hydroxylation is 2. The van der Waals surface area contributed by atoms with Gasteiger partial charge in [0.05, 0.1) is 0 Å². The minimum atomic E-state index is 1.08. The van der Waals surface area contributed by atoms with E-state index in [1.165, 1.54) is 74.6 Å². The zero-order chi connectivity index (χ0) is 14.9. The van der Waals surface area contributed by atoms with Crippen LogP contribution in [0, 0.1) is 0 Å². The number of allylic oxidation sites excluding steroid dienone is 1. The summed E-state index contributed by atoms with van der Waals surface area (Å²) in [5.41, 5.74) is 3.97. The smallest absolute Gasteiger partial charge is 0.129 e. The molecule has 2 heterocycles. The second-order valence-electron chi connectivity index (χ2n) is 6.42. The highest BCUT2D eigenvalue weighted by atomic mass is 15.0. The van der Waals surface area contributed by atoms with Gasteiger partial charge in [-0.05, 0) is 57.1 Å². The van der Waals surface area contributed by atoms with Gasteiger partial charge in [0, 0.05) is 12.2 Å². The zero-order valence-electron chi connectivity index (χ0n) is 13.6. The van der Waals surface area contributed by atoms with Gasteiger partial charge in [-0.15, -0.1) is 6.58 Å². The average Bonchev–Trinajstić information content (AvgIpc) is 2.49. The van der Waals surface area contributed by atoms with Gasteiger partial charge in [-0.2, -0.15) is 0 Å². The Morgan fingerprint density at radius 1 is 1.14 bits per heavy atom. The van der Waals surface area contributed by atoms with Crippen LogP contribution in [0.1, 0.15) is 69.5 Å². The third kappa shape index (κ3) is 5.91. The van der Waals surface area contributed by atoms with Crippen molar-refractivity contribution in [1.82, 2.24) is 4.98 Å². The van der Waals surface area contributed by atoms with Gasteiger partial charge in [0.15, 0.2) is 0 Å². The lowest BCUT2D eigenvalue weighted by molar-refractivity contribution is 0.591. The Labute approximate surface area is 130 Å². The largest absolute Gasteiger partial charge is 0.370 e. The first kappa shape index (κ1) is 16.1. The Morgan fingerprint density at radius 2 is 1.90 bits per heavy atom. The van der Waals surface area contributed by atoms with Crippen molar-refractivity contribution in [3.8, 4) is 0 Å². The van der Waals surface area contributed by atoms with Crippen molar-refractivity contribution in [1.29, 1.82) is 0 Å². The summed E-state index contributed by atoms with van der Waals surface area (Å²) < 4.78 is 0. The molecule has 0 radical (unpaired) electrons. The summed E-state index contributed by atoms with van der Waals surface area (Å²) in [5.74, 6) is 1.14. The fourth-order valence-corrected chi connectivity index (χ4v) is 2.95. The molecule has 0 amide bonds. The third-order valence-corrected chi connectivity index (χ3v) is 4.24. The van der Waals surface area contributed by atoms with Crippen LogP contribution in [0.4, 0.5) is 5.82 Å². The van der Waals surface area contributed by atoms with Crippen molar-refractivity contribution in [3.63, 3.8) is 0 Å². The quantitative estimate of drug-likeness (QED) is 0.493. The lowest BCUT2D eigenvalue weighted by Crippen LogP contribution is -2.13. The van der Waals surface area contributed by atoms with Crippen LogP contribution in [0.5, 0.6) is 0 Å². The second kappa shape index (κ2) is 8.86. The standard InChI is InChI=1S/C19H30N2/c1-16(2)10-7-5-3-4-6-8-12-18-14-13-17-11-9-15-20-19(17)21-18/h13-14H,1,3-12,15H2,2H3,(H,20,21). The molecule has 116 valence electrons. The summed E-state index contributed by atoms with van der Waals surface area (Å²) in [7, 11) is 0. The van der Waals surface area contributed by atoms with Gasteiger partial charge < -0.3 is 5.32 Å². The number of nitrogens with one attached hydrogen (secondary N) is 1. The first-order chi connectivity index (χ1) is 10.3. The number of unbranched alkanes of at least 4 members (excludes halogenated alkanes) is 5. The molecule has 0 atom stereocenters. The molecule has 2 rings (SSSR count). The summed E-state index contributed by atoms with van der Waals surface area (Å²) in [5, 5.41) is 3.42. The van der Waals surface area contributed by atoms with Crippen molar-refractivity contribution >= 4 is 5.82 Å². The molecule has 1 aliphatic heterocycles. The molecule has 0 aromatic carbocycles. The highest BCUT2D eigenvalue weighted by Gasteiger charge is 2.09. The van der Waals surface area contributed by atoms with Crippen LogP contribution in [0.3, 0.4) is 0 Å². The molecule has 0 unspecified atom stereocenters. The molecule has 2 nitrogen and oxygen atoms in total. The highest BCUT2D eigenvalue weighted by Crippen LogP contribution is 2.20. The minimum Gasteiger partial charge on any atom is -0.370 e.